The summed E-state index contributed by atoms with van der Waals surface area (Å²) >= 11 is 1.44. The summed E-state index contributed by atoms with van der Waals surface area (Å²) in [5.74, 6) is -1.59. The standard InChI is InChI=1S/C17H16N4O5S/c18-13-15(24)21-14(17(25)26)8(6-27-16(13)21)2-1-3-20-7-19-9-4-11(22)12(23)5-10(9)20/h1-2,4-5,7,13,16,22-23H,3,6,18H2,(H,25,26)/t13?,16-/m0/s1. The van der Waals surface area contributed by atoms with Crippen molar-refractivity contribution in [3.05, 3.63) is 41.9 Å². The highest BCUT2D eigenvalue weighted by molar-refractivity contribution is 8.00. The molecule has 140 valence electrons. The molecule has 1 unspecified atom stereocenters. The van der Waals surface area contributed by atoms with Gasteiger partial charge in [-0.05, 0) is 5.57 Å². The van der Waals surface area contributed by atoms with E-state index in [1.54, 1.807) is 23.0 Å². The zero-order valence-corrected chi connectivity index (χ0v) is 14.8. The van der Waals surface area contributed by atoms with Crippen LogP contribution in [0.15, 0.2) is 41.9 Å². The van der Waals surface area contributed by atoms with Crippen molar-refractivity contribution >= 4 is 34.7 Å². The smallest absolute Gasteiger partial charge is 0.352 e. The Labute approximate surface area is 157 Å². The van der Waals surface area contributed by atoms with Crippen LogP contribution < -0.4 is 5.73 Å². The molecule has 0 spiro atoms. The molecule has 1 amide bonds. The Balaban J connectivity index is 1.60. The first-order chi connectivity index (χ1) is 12.9. The van der Waals surface area contributed by atoms with Crippen LogP contribution in [-0.4, -0.2) is 58.8 Å². The second-order valence-electron chi connectivity index (χ2n) is 6.24. The van der Waals surface area contributed by atoms with Crippen LogP contribution in [0.4, 0.5) is 0 Å². The van der Waals surface area contributed by atoms with Gasteiger partial charge in [0.15, 0.2) is 11.5 Å². The number of aromatic hydroxyl groups is 2. The number of aromatic nitrogens is 2. The van der Waals surface area contributed by atoms with E-state index in [-0.39, 0.29) is 28.5 Å². The van der Waals surface area contributed by atoms with E-state index in [1.165, 1.54) is 28.8 Å². The molecule has 10 heteroatoms. The van der Waals surface area contributed by atoms with Crippen molar-refractivity contribution in [2.45, 2.75) is 18.0 Å². The highest BCUT2D eigenvalue weighted by Crippen LogP contribution is 2.39. The Morgan fingerprint density at radius 3 is 2.85 bits per heavy atom. The van der Waals surface area contributed by atoms with E-state index in [9.17, 15) is 24.9 Å². The minimum absolute atomic E-state index is 0.0280. The van der Waals surface area contributed by atoms with Crippen molar-refractivity contribution < 1.29 is 24.9 Å². The number of hydrogen-bond acceptors (Lipinski definition) is 7. The fourth-order valence-electron chi connectivity index (χ4n) is 3.20. The molecule has 0 bridgehead atoms. The number of carboxylic acid groups (broad SMARTS) is 1. The number of carbonyl (C=O) groups is 2. The number of carboxylic acids is 1. The molecule has 2 aliphatic heterocycles. The van der Waals surface area contributed by atoms with Crippen molar-refractivity contribution in [2.75, 3.05) is 5.75 Å². The molecule has 0 aliphatic carbocycles. The summed E-state index contributed by atoms with van der Waals surface area (Å²) in [6.07, 6.45) is 4.99. The first-order valence-corrected chi connectivity index (χ1v) is 9.13. The van der Waals surface area contributed by atoms with E-state index in [0.717, 1.165) is 0 Å². The number of nitrogens with zero attached hydrogens (tertiary/aromatic N) is 3. The molecular weight excluding hydrogens is 372 g/mol. The SMILES string of the molecule is NC1C(=O)N2C(C(=O)O)=C(C=CCn3cnc4cc(O)c(O)cc43)CS[C@@H]12. The quantitative estimate of drug-likeness (QED) is 0.440. The van der Waals surface area contributed by atoms with Gasteiger partial charge in [-0.25, -0.2) is 9.78 Å². The van der Waals surface area contributed by atoms with Gasteiger partial charge >= 0.3 is 5.97 Å². The molecule has 1 saturated heterocycles. The summed E-state index contributed by atoms with van der Waals surface area (Å²) in [7, 11) is 0. The molecular formula is C17H16N4O5S. The summed E-state index contributed by atoms with van der Waals surface area (Å²) in [5, 5.41) is 28.4. The predicted molar refractivity (Wildman–Crippen MR) is 97.9 cm³/mol. The van der Waals surface area contributed by atoms with E-state index in [1.807, 2.05) is 0 Å². The van der Waals surface area contributed by atoms with Crippen LogP contribution in [0.25, 0.3) is 11.0 Å². The average Bonchev–Trinajstić information content (AvgIpc) is 3.02. The van der Waals surface area contributed by atoms with E-state index in [0.29, 0.717) is 28.9 Å². The Hall–Kier alpha value is -2.98. The third kappa shape index (κ3) is 2.73. The fourth-order valence-corrected chi connectivity index (χ4v) is 4.47. The first kappa shape index (κ1) is 17.4. The molecule has 27 heavy (non-hydrogen) atoms. The van der Waals surface area contributed by atoms with E-state index < -0.39 is 12.0 Å². The Morgan fingerprint density at radius 2 is 2.11 bits per heavy atom. The van der Waals surface area contributed by atoms with Gasteiger partial charge in [0.05, 0.1) is 17.4 Å². The van der Waals surface area contributed by atoms with Crippen molar-refractivity contribution in [1.82, 2.24) is 14.5 Å². The molecule has 1 aromatic heterocycles. The van der Waals surface area contributed by atoms with Gasteiger partial charge in [-0.1, -0.05) is 12.2 Å². The number of phenols is 2. The van der Waals surface area contributed by atoms with Crippen LogP contribution >= 0.6 is 11.8 Å². The van der Waals surface area contributed by atoms with Crippen LogP contribution in [0, 0.1) is 0 Å². The van der Waals surface area contributed by atoms with Gasteiger partial charge in [0.2, 0.25) is 5.91 Å². The Bertz CT molecular complexity index is 1030. The fraction of sp³-hybridized carbons (Fsp3) is 0.235. The number of fused-ring (bicyclic) bond motifs is 2. The first-order valence-electron chi connectivity index (χ1n) is 8.08. The summed E-state index contributed by atoms with van der Waals surface area (Å²) in [6, 6.07) is 2.12. The van der Waals surface area contributed by atoms with Gasteiger partial charge in [-0.2, -0.15) is 0 Å². The second kappa shape index (κ2) is 6.32. The molecule has 1 aromatic carbocycles. The number of thioether (sulfide) groups is 1. The zero-order valence-electron chi connectivity index (χ0n) is 13.9. The molecule has 2 aromatic rings. The molecule has 2 atom stereocenters. The maximum atomic E-state index is 11.9. The summed E-state index contributed by atoms with van der Waals surface area (Å²) < 4.78 is 1.75. The monoisotopic (exact) mass is 388 g/mol. The van der Waals surface area contributed by atoms with Crippen molar-refractivity contribution in [2.24, 2.45) is 5.73 Å². The van der Waals surface area contributed by atoms with Gasteiger partial charge in [0, 0.05) is 24.4 Å². The number of allylic oxidation sites excluding steroid dienone is 2. The second-order valence-corrected chi connectivity index (χ2v) is 7.35. The average molecular weight is 388 g/mol. The highest BCUT2D eigenvalue weighted by atomic mass is 32.2. The number of carbonyl (C=O) groups excluding carboxylic acids is 1. The number of phenolic OH excluding ortho intramolecular Hbond substituents is 2. The Morgan fingerprint density at radius 1 is 1.37 bits per heavy atom. The maximum Gasteiger partial charge on any atom is 0.352 e. The molecule has 9 nitrogen and oxygen atoms in total. The van der Waals surface area contributed by atoms with Crippen molar-refractivity contribution in [3.8, 4) is 11.5 Å². The molecule has 4 rings (SSSR count). The third-order valence-corrected chi connectivity index (χ3v) is 5.90. The molecule has 3 heterocycles. The molecule has 1 fully saturated rings. The van der Waals surface area contributed by atoms with Gasteiger partial charge in [-0.3, -0.25) is 9.69 Å². The number of nitrogens with two attached hydrogens (primary N) is 1. The predicted octanol–water partition coefficient (Wildman–Crippen LogP) is 0.585. The minimum atomic E-state index is -1.16. The zero-order chi connectivity index (χ0) is 19.3. The lowest BCUT2D eigenvalue weighted by Gasteiger charge is -2.47. The number of β-lactam (4-membered cyclic amide) rings is 1. The van der Waals surface area contributed by atoms with Crippen LogP contribution in [0.2, 0.25) is 0 Å². The van der Waals surface area contributed by atoms with Crippen molar-refractivity contribution in [1.29, 1.82) is 0 Å². The van der Waals surface area contributed by atoms with E-state index in [4.69, 9.17) is 5.73 Å². The molecule has 2 aliphatic rings. The normalized spacial score (nSPS) is 22.4. The van der Waals surface area contributed by atoms with Gasteiger partial charge in [0.1, 0.15) is 17.1 Å². The number of rotatable bonds is 4. The van der Waals surface area contributed by atoms with Gasteiger partial charge in [0.25, 0.3) is 0 Å². The lowest BCUT2D eigenvalue weighted by molar-refractivity contribution is -0.147. The largest absolute Gasteiger partial charge is 0.504 e. The summed E-state index contributed by atoms with van der Waals surface area (Å²) in [4.78, 5) is 29.0. The van der Waals surface area contributed by atoms with Gasteiger partial charge in [-0.15, -0.1) is 11.8 Å². The summed E-state index contributed by atoms with van der Waals surface area (Å²) in [5.41, 5.74) is 7.40. The minimum Gasteiger partial charge on any atom is -0.504 e. The third-order valence-electron chi connectivity index (χ3n) is 4.58. The number of hydrogen-bond donors (Lipinski definition) is 4. The molecule has 0 radical (unpaired) electrons. The molecule has 0 saturated carbocycles. The Kier molecular flexibility index (Phi) is 4.08. The van der Waals surface area contributed by atoms with Crippen LogP contribution in [0.5, 0.6) is 11.5 Å². The van der Waals surface area contributed by atoms with Crippen molar-refractivity contribution in [3.63, 3.8) is 0 Å². The summed E-state index contributed by atoms with van der Waals surface area (Å²) in [6.45, 7) is 0.374. The number of amides is 1. The van der Waals surface area contributed by atoms with Crippen LogP contribution in [-0.2, 0) is 16.1 Å². The topological polar surface area (TPSA) is 142 Å². The van der Waals surface area contributed by atoms with E-state index >= 15 is 0 Å². The van der Waals surface area contributed by atoms with E-state index in [2.05, 4.69) is 4.98 Å². The van der Waals surface area contributed by atoms with Crippen LogP contribution in [0.3, 0.4) is 0 Å². The van der Waals surface area contributed by atoms with Crippen LogP contribution in [0.1, 0.15) is 0 Å². The van der Waals surface area contributed by atoms with Gasteiger partial charge < -0.3 is 25.6 Å². The number of aliphatic carboxylic acids is 1. The lowest BCUT2D eigenvalue weighted by atomic mass is 10.0. The maximum absolute atomic E-state index is 11.9. The number of benzene rings is 1. The highest BCUT2D eigenvalue weighted by Gasteiger charge is 2.51. The lowest BCUT2D eigenvalue weighted by Crippen LogP contribution is -2.68. The molecule has 5 N–H and O–H groups in total. The number of imidazole rings is 1.